The van der Waals surface area contributed by atoms with Crippen molar-refractivity contribution < 1.29 is 9.59 Å². The SMILES string of the molecule is Cc1ccc(C(=O)C(=O)NCc2nnc3ccccn23)cc1. The Hall–Kier alpha value is -3.02. The van der Waals surface area contributed by atoms with E-state index in [2.05, 4.69) is 15.5 Å². The zero-order valence-corrected chi connectivity index (χ0v) is 12.0. The van der Waals surface area contributed by atoms with Crippen LogP contribution in [0.2, 0.25) is 0 Å². The summed E-state index contributed by atoms with van der Waals surface area (Å²) in [6.45, 7) is 2.06. The number of aryl methyl sites for hydroxylation is 1. The van der Waals surface area contributed by atoms with Crippen LogP contribution in [-0.2, 0) is 11.3 Å². The van der Waals surface area contributed by atoms with E-state index in [9.17, 15) is 9.59 Å². The quantitative estimate of drug-likeness (QED) is 0.585. The maximum atomic E-state index is 12.0. The standard InChI is InChI=1S/C16H14N4O2/c1-11-5-7-12(8-6-11)15(21)16(22)17-10-14-19-18-13-4-2-3-9-20(13)14/h2-9H,10H2,1H3,(H,17,22). The number of Topliss-reactive ketones (excluding diaryl/α,β-unsaturated/α-hetero) is 1. The first-order valence-electron chi connectivity index (χ1n) is 6.83. The highest BCUT2D eigenvalue weighted by Gasteiger charge is 2.16. The number of aromatic nitrogens is 3. The highest BCUT2D eigenvalue weighted by Crippen LogP contribution is 2.05. The van der Waals surface area contributed by atoms with Crippen LogP contribution in [0.1, 0.15) is 21.7 Å². The van der Waals surface area contributed by atoms with Crippen LogP contribution in [0.25, 0.3) is 5.65 Å². The van der Waals surface area contributed by atoms with Gasteiger partial charge in [0.1, 0.15) is 0 Å². The molecule has 1 amide bonds. The molecule has 0 unspecified atom stereocenters. The number of amides is 1. The molecule has 3 aromatic rings. The second-order valence-electron chi connectivity index (χ2n) is 4.92. The van der Waals surface area contributed by atoms with Crippen molar-refractivity contribution in [3.63, 3.8) is 0 Å². The second kappa shape index (κ2) is 5.77. The molecule has 6 nitrogen and oxygen atoms in total. The van der Waals surface area contributed by atoms with Gasteiger partial charge < -0.3 is 5.32 Å². The van der Waals surface area contributed by atoms with Crippen molar-refractivity contribution in [2.45, 2.75) is 13.5 Å². The Labute approximate surface area is 126 Å². The van der Waals surface area contributed by atoms with E-state index in [0.29, 0.717) is 17.0 Å². The number of carbonyl (C=O) groups is 2. The van der Waals surface area contributed by atoms with Gasteiger partial charge in [0, 0.05) is 11.8 Å². The number of ketones is 1. The molecule has 0 fully saturated rings. The van der Waals surface area contributed by atoms with Crippen molar-refractivity contribution in [3.05, 3.63) is 65.6 Å². The molecule has 0 spiro atoms. The van der Waals surface area contributed by atoms with Gasteiger partial charge in [-0.05, 0) is 19.1 Å². The van der Waals surface area contributed by atoms with Gasteiger partial charge in [-0.15, -0.1) is 10.2 Å². The number of nitrogens with one attached hydrogen (secondary N) is 1. The fourth-order valence-corrected chi connectivity index (χ4v) is 2.09. The number of hydrogen-bond acceptors (Lipinski definition) is 4. The molecule has 2 heterocycles. The van der Waals surface area contributed by atoms with E-state index >= 15 is 0 Å². The summed E-state index contributed by atoms with van der Waals surface area (Å²) < 4.78 is 1.76. The van der Waals surface area contributed by atoms with E-state index in [4.69, 9.17) is 0 Å². The molecule has 3 rings (SSSR count). The van der Waals surface area contributed by atoms with Crippen molar-refractivity contribution in [1.29, 1.82) is 0 Å². The predicted molar refractivity (Wildman–Crippen MR) is 80.3 cm³/mol. The fourth-order valence-electron chi connectivity index (χ4n) is 2.09. The van der Waals surface area contributed by atoms with Crippen LogP contribution in [0.3, 0.4) is 0 Å². The van der Waals surface area contributed by atoms with Gasteiger partial charge in [-0.2, -0.15) is 0 Å². The minimum absolute atomic E-state index is 0.140. The molecule has 0 saturated heterocycles. The molecule has 0 saturated carbocycles. The van der Waals surface area contributed by atoms with Gasteiger partial charge in [0.15, 0.2) is 11.5 Å². The summed E-state index contributed by atoms with van der Waals surface area (Å²) in [6, 6.07) is 12.4. The lowest BCUT2D eigenvalue weighted by Crippen LogP contribution is -2.31. The van der Waals surface area contributed by atoms with E-state index in [-0.39, 0.29) is 6.54 Å². The topological polar surface area (TPSA) is 76.4 Å². The van der Waals surface area contributed by atoms with E-state index in [1.165, 1.54) is 0 Å². The Balaban J connectivity index is 1.69. The molecule has 6 heteroatoms. The number of rotatable bonds is 4. The molecule has 22 heavy (non-hydrogen) atoms. The van der Waals surface area contributed by atoms with E-state index in [1.807, 2.05) is 25.1 Å². The summed E-state index contributed by atoms with van der Waals surface area (Å²) in [5.41, 5.74) is 2.10. The summed E-state index contributed by atoms with van der Waals surface area (Å²) in [4.78, 5) is 24.0. The van der Waals surface area contributed by atoms with Crippen molar-refractivity contribution in [2.75, 3.05) is 0 Å². The first kappa shape index (κ1) is 13.9. The zero-order chi connectivity index (χ0) is 15.5. The average molecular weight is 294 g/mol. The van der Waals surface area contributed by atoms with Gasteiger partial charge >= 0.3 is 0 Å². The Morgan fingerprint density at radius 3 is 2.64 bits per heavy atom. The number of fused-ring (bicyclic) bond motifs is 1. The molecule has 0 bridgehead atoms. The fraction of sp³-hybridized carbons (Fsp3) is 0.125. The van der Waals surface area contributed by atoms with Crippen LogP contribution in [0.5, 0.6) is 0 Å². The highest BCUT2D eigenvalue weighted by atomic mass is 16.2. The Morgan fingerprint density at radius 1 is 1.09 bits per heavy atom. The molecule has 0 aliphatic heterocycles. The zero-order valence-electron chi connectivity index (χ0n) is 12.0. The number of carbonyl (C=O) groups excluding carboxylic acids is 2. The van der Waals surface area contributed by atoms with Crippen LogP contribution < -0.4 is 5.32 Å². The molecule has 2 aromatic heterocycles. The lowest BCUT2D eigenvalue weighted by molar-refractivity contribution is -0.117. The molecule has 0 radical (unpaired) electrons. The lowest BCUT2D eigenvalue weighted by atomic mass is 10.1. The average Bonchev–Trinajstić information content (AvgIpc) is 2.96. The van der Waals surface area contributed by atoms with Crippen LogP contribution >= 0.6 is 0 Å². The number of hydrogen-bond donors (Lipinski definition) is 1. The second-order valence-corrected chi connectivity index (χ2v) is 4.92. The summed E-state index contributed by atoms with van der Waals surface area (Å²) in [7, 11) is 0. The Kier molecular flexibility index (Phi) is 3.65. The first-order chi connectivity index (χ1) is 10.6. The Morgan fingerprint density at radius 2 is 1.86 bits per heavy atom. The predicted octanol–water partition coefficient (Wildman–Crippen LogP) is 1.54. The molecule has 110 valence electrons. The van der Waals surface area contributed by atoms with Crippen LogP contribution in [0, 0.1) is 6.92 Å². The molecule has 1 N–H and O–H groups in total. The van der Waals surface area contributed by atoms with Crippen molar-refractivity contribution in [2.24, 2.45) is 0 Å². The van der Waals surface area contributed by atoms with Crippen molar-refractivity contribution in [3.8, 4) is 0 Å². The Bertz CT molecular complexity index is 837. The minimum atomic E-state index is -0.656. The van der Waals surface area contributed by atoms with E-state index in [0.717, 1.165) is 5.56 Å². The summed E-state index contributed by atoms with van der Waals surface area (Å²) in [5.74, 6) is -0.647. The van der Waals surface area contributed by atoms with Gasteiger partial charge in [-0.25, -0.2) is 0 Å². The van der Waals surface area contributed by atoms with E-state index in [1.54, 1.807) is 34.9 Å². The third kappa shape index (κ3) is 2.71. The lowest BCUT2D eigenvalue weighted by Gasteiger charge is -2.04. The van der Waals surface area contributed by atoms with Crippen molar-refractivity contribution >= 4 is 17.3 Å². The van der Waals surface area contributed by atoms with E-state index < -0.39 is 11.7 Å². The highest BCUT2D eigenvalue weighted by molar-refractivity contribution is 6.42. The van der Waals surface area contributed by atoms with Gasteiger partial charge in [0.05, 0.1) is 6.54 Å². The normalized spacial score (nSPS) is 10.6. The maximum absolute atomic E-state index is 12.0. The minimum Gasteiger partial charge on any atom is -0.342 e. The molecule has 0 aliphatic rings. The van der Waals surface area contributed by atoms with Crippen LogP contribution in [-0.4, -0.2) is 26.3 Å². The van der Waals surface area contributed by atoms with Crippen LogP contribution in [0.15, 0.2) is 48.7 Å². The van der Waals surface area contributed by atoms with Gasteiger partial charge in [-0.1, -0.05) is 35.9 Å². The third-order valence-corrected chi connectivity index (χ3v) is 3.31. The smallest absolute Gasteiger partial charge is 0.292 e. The maximum Gasteiger partial charge on any atom is 0.292 e. The van der Waals surface area contributed by atoms with Gasteiger partial charge in [0.2, 0.25) is 5.78 Å². The summed E-state index contributed by atoms with van der Waals surface area (Å²) in [5, 5.41) is 10.6. The number of nitrogens with zero attached hydrogens (tertiary/aromatic N) is 3. The number of pyridine rings is 1. The monoisotopic (exact) mass is 294 g/mol. The van der Waals surface area contributed by atoms with Crippen LogP contribution in [0.4, 0.5) is 0 Å². The summed E-state index contributed by atoms with van der Waals surface area (Å²) in [6.07, 6.45) is 1.80. The van der Waals surface area contributed by atoms with Crippen molar-refractivity contribution in [1.82, 2.24) is 19.9 Å². The molecular formula is C16H14N4O2. The third-order valence-electron chi connectivity index (χ3n) is 3.31. The van der Waals surface area contributed by atoms with Gasteiger partial charge in [0.25, 0.3) is 5.91 Å². The molecule has 1 aromatic carbocycles. The molecule has 0 atom stereocenters. The van der Waals surface area contributed by atoms with Gasteiger partial charge in [-0.3, -0.25) is 14.0 Å². The first-order valence-corrected chi connectivity index (χ1v) is 6.83. The number of benzene rings is 1. The molecular weight excluding hydrogens is 280 g/mol. The molecule has 0 aliphatic carbocycles. The largest absolute Gasteiger partial charge is 0.342 e. The summed E-state index contributed by atoms with van der Waals surface area (Å²) >= 11 is 0.